The first-order chi connectivity index (χ1) is 5.31. The predicted octanol–water partition coefficient (Wildman–Crippen LogP) is 3.24. The van der Waals surface area contributed by atoms with Gasteiger partial charge in [-0.15, -0.1) is 0 Å². The number of hydrogen-bond donors (Lipinski definition) is 0. The molecule has 0 amide bonds. The van der Waals surface area contributed by atoms with Crippen LogP contribution in [0.4, 0.5) is 0 Å². The van der Waals surface area contributed by atoms with Gasteiger partial charge in [-0.25, -0.2) is 0 Å². The van der Waals surface area contributed by atoms with Crippen LogP contribution >= 0.6 is 0 Å². The molecule has 0 radical (unpaired) electrons. The average molecular weight is 153 g/mol. The number of nitrogens with zero attached hydrogens (tertiary/aromatic N) is 1. The molecule has 0 spiro atoms. The van der Waals surface area contributed by atoms with Crippen molar-refractivity contribution in [3.63, 3.8) is 0 Å². The van der Waals surface area contributed by atoms with Crippen LogP contribution in [0.3, 0.4) is 0 Å². The molecule has 0 saturated carbocycles. The highest BCUT2D eigenvalue weighted by Gasteiger charge is 1.72. The zero-order valence-electron chi connectivity index (χ0n) is 8.09. The number of allylic oxidation sites excluding steroid dienone is 3. The molecule has 0 unspecified atom stereocenters. The van der Waals surface area contributed by atoms with Gasteiger partial charge in [-0.1, -0.05) is 32.1 Å². The van der Waals surface area contributed by atoms with Crippen molar-refractivity contribution in [2.45, 2.75) is 27.7 Å². The number of rotatable bonds is 3. The Hall–Kier alpha value is -0.850. The summed E-state index contributed by atoms with van der Waals surface area (Å²) in [5, 5.41) is 0. The Bertz CT molecular complexity index is 132. The molecule has 0 bridgehead atoms. The number of aliphatic imine (C=N–C) groups is 1. The van der Waals surface area contributed by atoms with Crippen molar-refractivity contribution in [3.05, 3.63) is 24.3 Å². The van der Waals surface area contributed by atoms with Crippen LogP contribution in [-0.2, 0) is 0 Å². The molecule has 11 heavy (non-hydrogen) atoms. The summed E-state index contributed by atoms with van der Waals surface area (Å²) >= 11 is 0. The minimum absolute atomic E-state index is 0.848. The first kappa shape index (κ1) is 12.8. The third-order valence-corrected chi connectivity index (χ3v) is 0.947. The molecule has 1 nitrogen and oxygen atoms in total. The van der Waals surface area contributed by atoms with Crippen molar-refractivity contribution in [1.29, 1.82) is 0 Å². The highest BCUT2D eigenvalue weighted by atomic mass is 14.7. The molecule has 0 aliphatic rings. The normalized spacial score (nSPS) is 10.7. The Morgan fingerprint density at radius 2 is 2.00 bits per heavy atom. The van der Waals surface area contributed by atoms with Gasteiger partial charge in [0, 0.05) is 12.8 Å². The monoisotopic (exact) mass is 153 g/mol. The average Bonchev–Trinajstić information content (AvgIpc) is 2.08. The van der Waals surface area contributed by atoms with Crippen molar-refractivity contribution in [1.82, 2.24) is 0 Å². The van der Waals surface area contributed by atoms with Crippen molar-refractivity contribution >= 4 is 6.21 Å². The molecule has 0 saturated heterocycles. The summed E-state index contributed by atoms with van der Waals surface area (Å²) in [6.07, 6.45) is 5.55. The predicted molar refractivity (Wildman–Crippen MR) is 54.3 cm³/mol. The summed E-state index contributed by atoms with van der Waals surface area (Å²) in [4.78, 5) is 4.01. The van der Waals surface area contributed by atoms with Gasteiger partial charge in [-0.2, -0.15) is 0 Å². The standard InChI is InChI=1S/C8H13N.C2H6/c1-4-8(3)6-7-9-5-2;1-2/h4,6-7H,1,5H2,2-3H3;1-2H3/b8-6-,9-7?;. The summed E-state index contributed by atoms with van der Waals surface area (Å²) in [6, 6.07) is 0. The van der Waals surface area contributed by atoms with E-state index in [1.54, 1.807) is 6.21 Å². The smallest absolute Gasteiger partial charge is 0.0360 e. The summed E-state index contributed by atoms with van der Waals surface area (Å²) in [5.74, 6) is 0. The molecule has 0 aliphatic heterocycles. The number of hydrogen-bond acceptors (Lipinski definition) is 1. The topological polar surface area (TPSA) is 12.4 Å². The van der Waals surface area contributed by atoms with Gasteiger partial charge in [0.05, 0.1) is 0 Å². The van der Waals surface area contributed by atoms with E-state index in [1.807, 2.05) is 39.8 Å². The lowest BCUT2D eigenvalue weighted by atomic mass is 10.3. The SMILES string of the molecule is C=C/C(C)=C\C=NCC.CC. The highest BCUT2D eigenvalue weighted by Crippen LogP contribution is 1.88. The maximum Gasteiger partial charge on any atom is 0.0360 e. The van der Waals surface area contributed by atoms with Crippen molar-refractivity contribution in [2.24, 2.45) is 4.99 Å². The molecular weight excluding hydrogens is 134 g/mol. The van der Waals surface area contributed by atoms with Gasteiger partial charge in [-0.05, 0) is 19.9 Å². The molecule has 0 aromatic carbocycles. The Balaban J connectivity index is 0. The lowest BCUT2D eigenvalue weighted by Gasteiger charge is -1.82. The quantitative estimate of drug-likeness (QED) is 0.436. The van der Waals surface area contributed by atoms with Crippen LogP contribution in [0.15, 0.2) is 29.3 Å². The van der Waals surface area contributed by atoms with E-state index in [0.717, 1.165) is 12.1 Å². The summed E-state index contributed by atoms with van der Waals surface area (Å²) in [7, 11) is 0. The van der Waals surface area contributed by atoms with Gasteiger partial charge in [-0.3, -0.25) is 4.99 Å². The molecular formula is C10H19N. The molecule has 0 rings (SSSR count). The van der Waals surface area contributed by atoms with Crippen molar-refractivity contribution in [3.8, 4) is 0 Å². The van der Waals surface area contributed by atoms with Crippen LogP contribution in [0.5, 0.6) is 0 Å². The zero-order chi connectivity index (χ0) is 9.11. The lowest BCUT2D eigenvalue weighted by Crippen LogP contribution is -1.71. The van der Waals surface area contributed by atoms with E-state index in [4.69, 9.17) is 0 Å². The van der Waals surface area contributed by atoms with Gasteiger partial charge in [0.1, 0.15) is 0 Å². The third-order valence-electron chi connectivity index (χ3n) is 0.947. The molecule has 0 atom stereocenters. The van der Waals surface area contributed by atoms with Gasteiger partial charge in [0.25, 0.3) is 0 Å². The summed E-state index contributed by atoms with van der Waals surface area (Å²) in [6.45, 7) is 12.5. The fourth-order valence-corrected chi connectivity index (χ4v) is 0.344. The molecule has 0 N–H and O–H groups in total. The van der Waals surface area contributed by atoms with Crippen LogP contribution in [-0.4, -0.2) is 12.8 Å². The van der Waals surface area contributed by atoms with E-state index in [2.05, 4.69) is 11.6 Å². The van der Waals surface area contributed by atoms with Crippen LogP contribution in [0.25, 0.3) is 0 Å². The molecule has 1 heteroatoms. The molecule has 0 aromatic rings. The second kappa shape index (κ2) is 11.9. The Labute approximate surface area is 70.5 Å². The van der Waals surface area contributed by atoms with E-state index in [9.17, 15) is 0 Å². The fourth-order valence-electron chi connectivity index (χ4n) is 0.344. The molecule has 0 fully saturated rings. The highest BCUT2D eigenvalue weighted by molar-refractivity contribution is 5.72. The minimum Gasteiger partial charge on any atom is -0.293 e. The van der Waals surface area contributed by atoms with Crippen LogP contribution in [0.1, 0.15) is 27.7 Å². The summed E-state index contributed by atoms with van der Waals surface area (Å²) < 4.78 is 0. The third kappa shape index (κ3) is 12.4. The molecule has 0 aromatic heterocycles. The maximum atomic E-state index is 4.01. The summed E-state index contributed by atoms with van der Waals surface area (Å²) in [5.41, 5.74) is 1.15. The zero-order valence-corrected chi connectivity index (χ0v) is 8.09. The van der Waals surface area contributed by atoms with Gasteiger partial charge < -0.3 is 0 Å². The fraction of sp³-hybridized carbons (Fsp3) is 0.500. The molecule has 0 aliphatic carbocycles. The van der Waals surface area contributed by atoms with E-state index >= 15 is 0 Å². The maximum absolute atomic E-state index is 4.01. The largest absolute Gasteiger partial charge is 0.293 e. The van der Waals surface area contributed by atoms with Crippen molar-refractivity contribution in [2.75, 3.05) is 6.54 Å². The molecule has 0 heterocycles. The van der Waals surface area contributed by atoms with Gasteiger partial charge >= 0.3 is 0 Å². The Morgan fingerprint density at radius 1 is 1.45 bits per heavy atom. The second-order valence-electron chi connectivity index (χ2n) is 1.76. The van der Waals surface area contributed by atoms with E-state index in [1.165, 1.54) is 0 Å². The Kier molecular flexibility index (Phi) is 13.8. The second-order valence-corrected chi connectivity index (χ2v) is 1.76. The Morgan fingerprint density at radius 3 is 2.36 bits per heavy atom. The minimum atomic E-state index is 0.848. The molecule has 64 valence electrons. The van der Waals surface area contributed by atoms with Gasteiger partial charge in [0.15, 0.2) is 0 Å². The van der Waals surface area contributed by atoms with Crippen LogP contribution in [0, 0.1) is 0 Å². The van der Waals surface area contributed by atoms with Crippen molar-refractivity contribution < 1.29 is 0 Å². The van der Waals surface area contributed by atoms with Gasteiger partial charge in [0.2, 0.25) is 0 Å². The lowest BCUT2D eigenvalue weighted by molar-refractivity contribution is 1.14. The van der Waals surface area contributed by atoms with E-state index < -0.39 is 0 Å². The van der Waals surface area contributed by atoms with Crippen LogP contribution < -0.4 is 0 Å². The van der Waals surface area contributed by atoms with Crippen LogP contribution in [0.2, 0.25) is 0 Å². The van der Waals surface area contributed by atoms with E-state index in [-0.39, 0.29) is 0 Å². The van der Waals surface area contributed by atoms with E-state index in [0.29, 0.717) is 0 Å². The first-order valence-electron chi connectivity index (χ1n) is 4.10. The first-order valence-corrected chi connectivity index (χ1v) is 4.10.